The van der Waals surface area contributed by atoms with Crippen LogP contribution < -0.4 is 10.6 Å². The molecule has 2 rings (SSSR count). The van der Waals surface area contributed by atoms with Crippen LogP contribution in [-0.2, 0) is 9.59 Å². The molecule has 1 saturated heterocycles. The number of nitrogens with one attached hydrogen (secondary N) is 2. The minimum absolute atomic E-state index is 0.0282. The standard InChI is InChI=1S/C18H27N3O3S/c1-2-8-19-17(23)14-5-10-21(11-6-14)16(22)4-3-9-20-18(24)15-7-12-25-13-15/h7,12-14H,2-6,8-11H2,1H3,(H,19,23)(H,20,24). The molecule has 138 valence electrons. The molecule has 2 heterocycles. The molecule has 1 aliphatic heterocycles. The van der Waals surface area contributed by atoms with Gasteiger partial charge in [0.15, 0.2) is 0 Å². The first-order valence-corrected chi connectivity index (χ1v) is 9.92. The summed E-state index contributed by atoms with van der Waals surface area (Å²) < 4.78 is 0. The highest BCUT2D eigenvalue weighted by Crippen LogP contribution is 2.18. The Morgan fingerprint density at radius 3 is 2.60 bits per heavy atom. The number of likely N-dealkylation sites (tertiary alicyclic amines) is 1. The summed E-state index contributed by atoms with van der Waals surface area (Å²) in [5.74, 6) is 0.162. The Labute approximate surface area is 153 Å². The third kappa shape index (κ3) is 6.16. The molecule has 0 radical (unpaired) electrons. The van der Waals surface area contributed by atoms with Gasteiger partial charge in [0, 0.05) is 49.5 Å². The summed E-state index contributed by atoms with van der Waals surface area (Å²) in [7, 11) is 0. The van der Waals surface area contributed by atoms with E-state index in [0.29, 0.717) is 38.0 Å². The molecule has 1 fully saturated rings. The summed E-state index contributed by atoms with van der Waals surface area (Å²) in [6.07, 6.45) is 3.46. The molecule has 0 bridgehead atoms. The topological polar surface area (TPSA) is 78.5 Å². The molecule has 7 heteroatoms. The van der Waals surface area contributed by atoms with Crippen molar-refractivity contribution in [2.45, 2.75) is 39.0 Å². The molecule has 6 nitrogen and oxygen atoms in total. The normalized spacial score (nSPS) is 15.0. The Balaban J connectivity index is 1.60. The van der Waals surface area contributed by atoms with Crippen LogP contribution in [0, 0.1) is 5.92 Å². The van der Waals surface area contributed by atoms with E-state index in [1.165, 1.54) is 11.3 Å². The molecule has 0 atom stereocenters. The van der Waals surface area contributed by atoms with Gasteiger partial charge in [-0.2, -0.15) is 11.3 Å². The van der Waals surface area contributed by atoms with E-state index in [-0.39, 0.29) is 23.6 Å². The van der Waals surface area contributed by atoms with Gasteiger partial charge in [-0.25, -0.2) is 0 Å². The Kier molecular flexibility index (Phi) is 7.91. The lowest BCUT2D eigenvalue weighted by Gasteiger charge is -2.31. The highest BCUT2D eigenvalue weighted by Gasteiger charge is 2.26. The third-order valence-electron chi connectivity index (χ3n) is 4.40. The summed E-state index contributed by atoms with van der Waals surface area (Å²) in [6.45, 7) is 4.53. The predicted octanol–water partition coefficient (Wildman–Crippen LogP) is 2.02. The molecule has 0 unspecified atom stereocenters. The summed E-state index contributed by atoms with van der Waals surface area (Å²) >= 11 is 1.49. The van der Waals surface area contributed by atoms with Crippen molar-refractivity contribution in [3.8, 4) is 0 Å². The fourth-order valence-corrected chi connectivity index (χ4v) is 3.51. The van der Waals surface area contributed by atoms with Crippen LogP contribution in [0.15, 0.2) is 16.8 Å². The minimum atomic E-state index is -0.0902. The molecule has 1 aromatic rings. The van der Waals surface area contributed by atoms with Crippen LogP contribution in [0.5, 0.6) is 0 Å². The van der Waals surface area contributed by atoms with Gasteiger partial charge in [-0.1, -0.05) is 6.92 Å². The zero-order valence-electron chi connectivity index (χ0n) is 14.8. The van der Waals surface area contributed by atoms with Gasteiger partial charge in [-0.15, -0.1) is 0 Å². The fourth-order valence-electron chi connectivity index (χ4n) is 2.88. The first-order valence-electron chi connectivity index (χ1n) is 8.97. The van der Waals surface area contributed by atoms with Crippen LogP contribution >= 0.6 is 11.3 Å². The number of rotatable bonds is 8. The van der Waals surface area contributed by atoms with Gasteiger partial charge in [0.1, 0.15) is 0 Å². The fraction of sp³-hybridized carbons (Fsp3) is 0.611. The van der Waals surface area contributed by atoms with Crippen LogP contribution in [0.2, 0.25) is 0 Å². The van der Waals surface area contributed by atoms with Crippen molar-refractivity contribution >= 4 is 29.1 Å². The van der Waals surface area contributed by atoms with Gasteiger partial charge >= 0.3 is 0 Å². The van der Waals surface area contributed by atoms with E-state index in [2.05, 4.69) is 10.6 Å². The van der Waals surface area contributed by atoms with Crippen molar-refractivity contribution in [3.05, 3.63) is 22.4 Å². The molecule has 0 saturated carbocycles. The van der Waals surface area contributed by atoms with E-state index < -0.39 is 0 Å². The Hall–Kier alpha value is -1.89. The number of amides is 3. The highest BCUT2D eigenvalue weighted by atomic mass is 32.1. The number of hydrogen-bond donors (Lipinski definition) is 2. The van der Waals surface area contributed by atoms with Gasteiger partial charge in [-0.05, 0) is 37.1 Å². The van der Waals surface area contributed by atoms with Crippen LogP contribution in [-0.4, -0.2) is 48.8 Å². The largest absolute Gasteiger partial charge is 0.356 e. The van der Waals surface area contributed by atoms with Crippen molar-refractivity contribution in [3.63, 3.8) is 0 Å². The lowest BCUT2D eigenvalue weighted by molar-refractivity contribution is -0.135. The van der Waals surface area contributed by atoms with E-state index in [1.807, 2.05) is 17.2 Å². The highest BCUT2D eigenvalue weighted by molar-refractivity contribution is 7.08. The molecule has 1 aliphatic rings. The van der Waals surface area contributed by atoms with Crippen molar-refractivity contribution in [2.24, 2.45) is 5.92 Å². The first kappa shape index (κ1) is 19.4. The second-order valence-electron chi connectivity index (χ2n) is 6.32. The third-order valence-corrected chi connectivity index (χ3v) is 5.09. The molecule has 3 amide bonds. The van der Waals surface area contributed by atoms with E-state index in [1.54, 1.807) is 11.4 Å². The Morgan fingerprint density at radius 2 is 1.96 bits per heavy atom. The van der Waals surface area contributed by atoms with E-state index in [9.17, 15) is 14.4 Å². The molecular weight excluding hydrogens is 338 g/mol. The Bertz CT molecular complexity index is 566. The lowest BCUT2D eigenvalue weighted by Crippen LogP contribution is -2.43. The predicted molar refractivity (Wildman–Crippen MR) is 98.5 cm³/mol. The van der Waals surface area contributed by atoms with Gasteiger partial charge in [0.25, 0.3) is 5.91 Å². The van der Waals surface area contributed by atoms with E-state index >= 15 is 0 Å². The second-order valence-corrected chi connectivity index (χ2v) is 7.10. The number of piperidine rings is 1. The van der Waals surface area contributed by atoms with Crippen molar-refractivity contribution in [1.29, 1.82) is 0 Å². The molecule has 0 aliphatic carbocycles. The number of nitrogens with zero attached hydrogens (tertiary/aromatic N) is 1. The average molecular weight is 365 g/mol. The van der Waals surface area contributed by atoms with Crippen LogP contribution in [0.3, 0.4) is 0 Å². The number of carbonyl (C=O) groups excluding carboxylic acids is 3. The summed E-state index contributed by atoms with van der Waals surface area (Å²) in [6, 6.07) is 1.78. The molecule has 25 heavy (non-hydrogen) atoms. The van der Waals surface area contributed by atoms with Crippen molar-refractivity contribution in [1.82, 2.24) is 15.5 Å². The van der Waals surface area contributed by atoms with Gasteiger partial charge in [0.05, 0.1) is 0 Å². The first-order chi connectivity index (χ1) is 12.1. The van der Waals surface area contributed by atoms with Gasteiger partial charge in [0.2, 0.25) is 11.8 Å². The maximum atomic E-state index is 12.2. The SMILES string of the molecule is CCCNC(=O)C1CCN(C(=O)CCCNC(=O)c2ccsc2)CC1. The smallest absolute Gasteiger partial charge is 0.252 e. The van der Waals surface area contributed by atoms with Crippen molar-refractivity contribution in [2.75, 3.05) is 26.2 Å². The monoisotopic (exact) mass is 365 g/mol. The summed E-state index contributed by atoms with van der Waals surface area (Å²) in [4.78, 5) is 37.8. The van der Waals surface area contributed by atoms with Crippen molar-refractivity contribution < 1.29 is 14.4 Å². The number of hydrogen-bond acceptors (Lipinski definition) is 4. The lowest BCUT2D eigenvalue weighted by atomic mass is 9.95. The molecular formula is C18H27N3O3S. The quantitative estimate of drug-likeness (QED) is 0.692. The molecule has 0 aromatic carbocycles. The average Bonchev–Trinajstić information content (AvgIpc) is 3.18. The van der Waals surface area contributed by atoms with Gasteiger partial charge < -0.3 is 15.5 Å². The summed E-state index contributed by atoms with van der Waals surface area (Å²) in [5.41, 5.74) is 0.666. The summed E-state index contributed by atoms with van der Waals surface area (Å²) in [5, 5.41) is 9.43. The molecule has 2 N–H and O–H groups in total. The van der Waals surface area contributed by atoms with Crippen LogP contribution in [0.4, 0.5) is 0 Å². The van der Waals surface area contributed by atoms with Gasteiger partial charge in [-0.3, -0.25) is 14.4 Å². The minimum Gasteiger partial charge on any atom is -0.356 e. The maximum Gasteiger partial charge on any atom is 0.252 e. The van der Waals surface area contributed by atoms with E-state index in [4.69, 9.17) is 0 Å². The second kappa shape index (κ2) is 10.2. The zero-order chi connectivity index (χ0) is 18.1. The zero-order valence-corrected chi connectivity index (χ0v) is 15.6. The maximum absolute atomic E-state index is 12.2. The van der Waals surface area contributed by atoms with Crippen LogP contribution in [0.25, 0.3) is 0 Å². The number of thiophene rings is 1. The van der Waals surface area contributed by atoms with Crippen LogP contribution in [0.1, 0.15) is 49.4 Å². The number of carbonyl (C=O) groups is 3. The molecule has 1 aromatic heterocycles. The molecule has 0 spiro atoms. The van der Waals surface area contributed by atoms with E-state index in [0.717, 1.165) is 25.8 Å². The Morgan fingerprint density at radius 1 is 1.20 bits per heavy atom.